The molecule has 0 bridgehead atoms. The minimum atomic E-state index is -4.67. The topological polar surface area (TPSA) is 111 Å². The van der Waals surface area contributed by atoms with Gasteiger partial charge < -0.3 is 27.9 Å². The number of likely N-dealkylation sites (N-methyl/N-ethyl adjacent to an activating group) is 1. The van der Waals surface area contributed by atoms with Crippen molar-refractivity contribution in [1.82, 2.24) is 0 Å². The fourth-order valence-electron chi connectivity index (χ4n) is 8.29. The van der Waals surface area contributed by atoms with Crippen molar-refractivity contribution >= 4 is 19.8 Å². The molecular formula is C76H122NO8P. The van der Waals surface area contributed by atoms with Crippen LogP contribution in [0.5, 0.6) is 0 Å². The third-order valence-electron chi connectivity index (χ3n) is 13.4. The minimum absolute atomic E-state index is 0.0511. The monoisotopic (exact) mass is 1210 g/mol. The summed E-state index contributed by atoms with van der Waals surface area (Å²) in [7, 11) is 1.11. The zero-order valence-corrected chi connectivity index (χ0v) is 55.8. The third-order valence-corrected chi connectivity index (χ3v) is 14.4. The average Bonchev–Trinajstić information content (AvgIpc) is 3.56. The number of phosphoric acid groups is 1. The molecule has 2 unspecified atom stereocenters. The van der Waals surface area contributed by atoms with E-state index in [4.69, 9.17) is 18.5 Å². The minimum Gasteiger partial charge on any atom is -0.756 e. The Morgan fingerprint density at radius 3 is 1.01 bits per heavy atom. The van der Waals surface area contributed by atoms with Crippen LogP contribution in [-0.4, -0.2) is 70.0 Å². The van der Waals surface area contributed by atoms with Crippen LogP contribution >= 0.6 is 7.82 Å². The second-order valence-corrected chi connectivity index (χ2v) is 24.2. The van der Waals surface area contributed by atoms with Gasteiger partial charge in [0.25, 0.3) is 7.82 Å². The highest BCUT2D eigenvalue weighted by Gasteiger charge is 2.22. The van der Waals surface area contributed by atoms with Gasteiger partial charge in [0.1, 0.15) is 19.8 Å². The van der Waals surface area contributed by atoms with E-state index in [0.29, 0.717) is 23.9 Å². The summed E-state index contributed by atoms with van der Waals surface area (Å²) in [5.41, 5.74) is 0. The maximum absolute atomic E-state index is 12.8. The molecule has 9 nitrogen and oxygen atoms in total. The van der Waals surface area contributed by atoms with E-state index in [1.165, 1.54) is 64.2 Å². The normalized spacial score (nSPS) is 14.3. The summed E-state index contributed by atoms with van der Waals surface area (Å²) >= 11 is 0. The van der Waals surface area contributed by atoms with Gasteiger partial charge >= 0.3 is 11.9 Å². The fourth-order valence-corrected chi connectivity index (χ4v) is 9.02. The van der Waals surface area contributed by atoms with E-state index in [1.54, 1.807) is 0 Å². The van der Waals surface area contributed by atoms with Gasteiger partial charge in [-0.15, -0.1) is 0 Å². The molecule has 0 heterocycles. The van der Waals surface area contributed by atoms with Crippen molar-refractivity contribution in [3.63, 3.8) is 0 Å². The number of nitrogens with zero attached hydrogens (tertiary/aromatic N) is 1. The van der Waals surface area contributed by atoms with Crippen molar-refractivity contribution in [2.45, 2.75) is 238 Å². The van der Waals surface area contributed by atoms with Crippen molar-refractivity contribution < 1.29 is 42.1 Å². The molecule has 0 aromatic heterocycles. The quantitative estimate of drug-likeness (QED) is 0.0195. The zero-order chi connectivity index (χ0) is 62.6. The molecule has 10 heteroatoms. The fraction of sp³-hybridized carbons (Fsp3) is 0.579. The summed E-state index contributed by atoms with van der Waals surface area (Å²) < 4.78 is 34.2. The Labute approximate surface area is 527 Å². The molecule has 0 saturated heterocycles. The van der Waals surface area contributed by atoms with Crippen LogP contribution in [0.2, 0.25) is 0 Å². The number of phosphoric ester groups is 1. The van der Waals surface area contributed by atoms with Gasteiger partial charge in [-0.25, -0.2) is 0 Å². The number of ether oxygens (including phenoxy) is 2. The molecule has 0 aliphatic heterocycles. The van der Waals surface area contributed by atoms with Crippen LogP contribution in [0.25, 0.3) is 0 Å². The summed E-state index contributed by atoms with van der Waals surface area (Å²) in [5.74, 6) is -0.906. The molecule has 0 aliphatic rings. The predicted molar refractivity (Wildman–Crippen MR) is 369 cm³/mol. The second-order valence-electron chi connectivity index (χ2n) is 22.7. The molecule has 0 amide bonds. The smallest absolute Gasteiger partial charge is 0.306 e. The lowest BCUT2D eigenvalue weighted by molar-refractivity contribution is -0.870. The van der Waals surface area contributed by atoms with E-state index >= 15 is 0 Å². The van der Waals surface area contributed by atoms with Gasteiger partial charge in [-0.3, -0.25) is 14.2 Å². The van der Waals surface area contributed by atoms with Crippen molar-refractivity contribution in [3.05, 3.63) is 182 Å². The standard InChI is InChI=1S/C76H122NO8P/c1-6-8-10-12-14-16-18-20-22-24-26-28-30-31-32-33-34-35-36-37-38-39-40-41-42-43-44-45-47-49-51-53-55-57-59-61-63-65-67-69-76(79)85-74(73-84-86(80,81)83-71-70-77(3,4)5)72-82-75(78)68-66-64-62-60-58-56-54-52-50-48-46-29-27-25-23-21-19-17-15-13-11-9-7-2/h8,10,14,16,19-22,25-28,31-32,34-35,37-38,40-41,43-44,46-49,53,55,59,61,74H,6-7,9,11-13,15,17-18,23-24,29-30,33,36,39,42,45,50-52,54,56-58,60,62-73H2,1-5H3/b10-8-,16-14-,21-19-,22-20-,27-25-,28-26-,32-31-,35-34-,38-37-,41-40-,44-43-,48-46-,49-47-,55-53-,61-59-. The molecule has 0 spiro atoms. The number of hydrogen-bond donors (Lipinski definition) is 0. The molecule has 0 aliphatic carbocycles. The van der Waals surface area contributed by atoms with E-state index in [0.717, 1.165) is 128 Å². The molecule has 0 aromatic carbocycles. The molecule has 0 aromatic rings. The first-order valence-electron chi connectivity index (χ1n) is 33.5. The summed E-state index contributed by atoms with van der Waals surface area (Å²) in [6.07, 6.45) is 99.6. The van der Waals surface area contributed by atoms with Gasteiger partial charge in [0.15, 0.2) is 6.10 Å². The van der Waals surface area contributed by atoms with Crippen LogP contribution in [0.15, 0.2) is 182 Å². The van der Waals surface area contributed by atoms with Crippen molar-refractivity contribution in [1.29, 1.82) is 0 Å². The van der Waals surface area contributed by atoms with Crippen LogP contribution in [0, 0.1) is 0 Å². The van der Waals surface area contributed by atoms with Crippen molar-refractivity contribution in [2.24, 2.45) is 0 Å². The second kappa shape index (κ2) is 64.6. The first-order chi connectivity index (χ1) is 42.0. The van der Waals surface area contributed by atoms with E-state index in [9.17, 15) is 19.0 Å². The van der Waals surface area contributed by atoms with Gasteiger partial charge in [0.2, 0.25) is 0 Å². The largest absolute Gasteiger partial charge is 0.756 e. The highest BCUT2D eigenvalue weighted by molar-refractivity contribution is 7.45. The summed E-state index contributed by atoms with van der Waals surface area (Å²) in [5, 5.41) is 0. The number of rotatable bonds is 59. The van der Waals surface area contributed by atoms with Crippen molar-refractivity contribution in [3.8, 4) is 0 Å². The Hall–Kier alpha value is -4.89. The molecule has 0 saturated carbocycles. The molecule has 2 atom stereocenters. The van der Waals surface area contributed by atoms with Crippen LogP contribution in [-0.2, 0) is 32.7 Å². The molecule has 86 heavy (non-hydrogen) atoms. The number of hydrogen-bond acceptors (Lipinski definition) is 8. The Morgan fingerprint density at radius 2 is 0.663 bits per heavy atom. The molecule has 484 valence electrons. The maximum Gasteiger partial charge on any atom is 0.306 e. The third kappa shape index (κ3) is 68.2. The summed E-state index contributed by atoms with van der Waals surface area (Å²) in [4.78, 5) is 38.0. The van der Waals surface area contributed by atoms with E-state index < -0.39 is 32.5 Å². The molecule has 0 rings (SSSR count). The van der Waals surface area contributed by atoms with Gasteiger partial charge in [-0.1, -0.05) is 260 Å². The first-order valence-corrected chi connectivity index (χ1v) is 35.0. The molecule has 0 radical (unpaired) electrons. The number of carbonyl (C=O) groups is 2. The maximum atomic E-state index is 12.8. The molecule has 0 N–H and O–H groups in total. The lowest BCUT2D eigenvalue weighted by Crippen LogP contribution is -2.37. The van der Waals surface area contributed by atoms with Crippen LogP contribution in [0.3, 0.4) is 0 Å². The van der Waals surface area contributed by atoms with E-state index in [1.807, 2.05) is 21.1 Å². The first kappa shape index (κ1) is 81.1. The van der Waals surface area contributed by atoms with Crippen LogP contribution < -0.4 is 4.89 Å². The van der Waals surface area contributed by atoms with Crippen LogP contribution in [0.1, 0.15) is 232 Å². The van der Waals surface area contributed by atoms with E-state index in [2.05, 4.69) is 196 Å². The predicted octanol–water partition coefficient (Wildman–Crippen LogP) is 21.3. The number of allylic oxidation sites excluding steroid dienone is 30. The summed E-state index contributed by atoms with van der Waals surface area (Å²) in [6.45, 7) is 4.03. The van der Waals surface area contributed by atoms with Gasteiger partial charge in [-0.05, 0) is 141 Å². The average molecular weight is 1210 g/mol. The Kier molecular flexibility index (Phi) is 60.9. The highest BCUT2D eigenvalue weighted by atomic mass is 31.2. The molecule has 0 fully saturated rings. The lowest BCUT2D eigenvalue weighted by atomic mass is 10.1. The zero-order valence-electron chi connectivity index (χ0n) is 54.9. The Balaban J connectivity index is 4.26. The highest BCUT2D eigenvalue weighted by Crippen LogP contribution is 2.38. The Morgan fingerprint density at radius 1 is 0.372 bits per heavy atom. The van der Waals surface area contributed by atoms with Crippen molar-refractivity contribution in [2.75, 3.05) is 47.5 Å². The molecular weight excluding hydrogens is 1090 g/mol. The van der Waals surface area contributed by atoms with Gasteiger partial charge in [0.05, 0.1) is 27.7 Å². The van der Waals surface area contributed by atoms with Gasteiger partial charge in [0, 0.05) is 12.8 Å². The lowest BCUT2D eigenvalue weighted by Gasteiger charge is -2.28. The number of carbonyl (C=O) groups excluding carboxylic acids is 2. The number of quaternary nitrogens is 1. The van der Waals surface area contributed by atoms with Crippen LogP contribution in [0.4, 0.5) is 0 Å². The van der Waals surface area contributed by atoms with Gasteiger partial charge in [-0.2, -0.15) is 0 Å². The summed E-state index contributed by atoms with van der Waals surface area (Å²) in [6, 6.07) is 0. The van der Waals surface area contributed by atoms with E-state index in [-0.39, 0.29) is 26.1 Å². The number of esters is 2. The Bertz CT molecular complexity index is 2100. The SMILES string of the molecule is CC/C=C\C/C=C\C/C=C\C/C=C\C/C=C\C/C=C\C/C=C\C/C=C\C/C=C\C/C=C\C/C=C\C/C=C\CCCCC(=O)OC(COC(=O)CCCCCCCCCC/C=C\C/C=C\C/C=C\CCCCCCC)COP(=O)([O-])OCC[N+](C)(C)C. The number of unbranched alkanes of at least 4 members (excludes halogenated alkanes) is 15.